The topological polar surface area (TPSA) is 84.2 Å². The van der Waals surface area contributed by atoms with E-state index in [4.69, 9.17) is 5.11 Å². The lowest BCUT2D eigenvalue weighted by Gasteiger charge is -2.06. The molecule has 0 aliphatic carbocycles. The number of aryl methyl sites for hydroxylation is 2. The normalized spacial score (nSPS) is 10.6. The van der Waals surface area contributed by atoms with Crippen LogP contribution in [-0.2, 0) is 11.3 Å². The summed E-state index contributed by atoms with van der Waals surface area (Å²) < 4.78 is 1.86. The van der Waals surface area contributed by atoms with Crippen LogP contribution in [0.4, 0.5) is 0 Å². The molecule has 2 N–H and O–H groups in total. The molecule has 6 nitrogen and oxygen atoms in total. The van der Waals surface area contributed by atoms with E-state index in [1.165, 1.54) is 6.07 Å². The Kier molecular flexibility index (Phi) is 3.50. The van der Waals surface area contributed by atoms with Gasteiger partial charge >= 0.3 is 5.97 Å². The molecule has 0 bridgehead atoms. The number of nitrogens with one attached hydrogen (secondary N) is 1. The third-order valence-corrected chi connectivity index (χ3v) is 3.04. The van der Waals surface area contributed by atoms with Gasteiger partial charge in [-0.15, -0.1) is 0 Å². The van der Waals surface area contributed by atoms with Gasteiger partial charge in [-0.1, -0.05) is 6.07 Å². The predicted molar refractivity (Wildman–Crippen MR) is 70.1 cm³/mol. The van der Waals surface area contributed by atoms with Gasteiger partial charge in [-0.2, -0.15) is 0 Å². The highest BCUT2D eigenvalue weighted by Gasteiger charge is 2.15. The average molecular weight is 261 g/mol. The van der Waals surface area contributed by atoms with Gasteiger partial charge in [0.05, 0.1) is 11.1 Å². The third kappa shape index (κ3) is 2.42. The lowest BCUT2D eigenvalue weighted by atomic mass is 10.2. The van der Waals surface area contributed by atoms with Gasteiger partial charge in [-0.05, 0) is 19.1 Å². The van der Waals surface area contributed by atoms with Crippen molar-refractivity contribution in [2.75, 3.05) is 7.05 Å². The number of aromatic nitrogens is 2. The van der Waals surface area contributed by atoms with E-state index in [0.29, 0.717) is 24.3 Å². The Morgan fingerprint density at radius 3 is 2.79 bits per heavy atom. The Morgan fingerprint density at radius 2 is 2.16 bits per heavy atom. The molecule has 0 saturated heterocycles. The first kappa shape index (κ1) is 13.1. The Balaban J connectivity index is 2.45. The molecule has 0 aliphatic rings. The summed E-state index contributed by atoms with van der Waals surface area (Å²) in [7, 11) is 1.59. The number of aromatic carboxylic acids is 1. The second-order valence-electron chi connectivity index (χ2n) is 4.21. The monoisotopic (exact) mass is 261 g/mol. The first-order chi connectivity index (χ1) is 9.04. The number of hydrogen-bond acceptors (Lipinski definition) is 3. The molecule has 0 saturated carbocycles. The lowest BCUT2D eigenvalue weighted by molar-refractivity contribution is -0.120. The van der Waals surface area contributed by atoms with Crippen LogP contribution in [0.1, 0.15) is 22.6 Å². The van der Waals surface area contributed by atoms with Crippen molar-refractivity contribution >= 4 is 22.9 Å². The molecule has 1 amide bonds. The number of carboxylic acids is 1. The Labute approximate surface area is 110 Å². The molecule has 6 heteroatoms. The average Bonchev–Trinajstić information content (AvgIpc) is 2.71. The number of imidazole rings is 1. The minimum Gasteiger partial charge on any atom is -0.478 e. The molecule has 2 rings (SSSR count). The van der Waals surface area contributed by atoms with Gasteiger partial charge in [0, 0.05) is 20.0 Å². The SMILES string of the molecule is CNC(=O)CCn1c(C)nc2c(C(=O)O)cccc21. The fraction of sp³-hybridized carbons (Fsp3) is 0.308. The molecular weight excluding hydrogens is 246 g/mol. The first-order valence-electron chi connectivity index (χ1n) is 5.94. The fourth-order valence-electron chi connectivity index (χ4n) is 2.06. The fourth-order valence-corrected chi connectivity index (χ4v) is 2.06. The summed E-state index contributed by atoms with van der Waals surface area (Å²) in [6.07, 6.45) is 0.333. The maximum atomic E-state index is 11.3. The van der Waals surface area contributed by atoms with E-state index in [9.17, 15) is 9.59 Å². The van der Waals surface area contributed by atoms with Crippen LogP contribution in [0.25, 0.3) is 11.0 Å². The molecule has 0 unspecified atom stereocenters. The van der Waals surface area contributed by atoms with Crippen molar-refractivity contribution in [3.8, 4) is 0 Å². The minimum atomic E-state index is -0.999. The highest BCUT2D eigenvalue weighted by atomic mass is 16.4. The van der Waals surface area contributed by atoms with Crippen molar-refractivity contribution in [1.29, 1.82) is 0 Å². The smallest absolute Gasteiger partial charge is 0.337 e. The van der Waals surface area contributed by atoms with Crippen LogP contribution in [-0.4, -0.2) is 33.6 Å². The zero-order chi connectivity index (χ0) is 14.0. The van der Waals surface area contributed by atoms with Crippen molar-refractivity contribution in [2.45, 2.75) is 19.9 Å². The van der Waals surface area contributed by atoms with Gasteiger partial charge in [0.2, 0.25) is 5.91 Å². The number of para-hydroxylation sites is 1. The van der Waals surface area contributed by atoms with Gasteiger partial charge in [-0.25, -0.2) is 9.78 Å². The molecule has 100 valence electrons. The minimum absolute atomic E-state index is 0.0596. The highest BCUT2D eigenvalue weighted by molar-refractivity contribution is 6.01. The Morgan fingerprint density at radius 1 is 1.42 bits per heavy atom. The van der Waals surface area contributed by atoms with E-state index in [-0.39, 0.29) is 11.5 Å². The molecule has 1 aromatic carbocycles. The number of carboxylic acid groups (broad SMARTS) is 1. The molecule has 0 fully saturated rings. The Hall–Kier alpha value is -2.37. The number of hydrogen-bond donors (Lipinski definition) is 2. The summed E-state index contributed by atoms with van der Waals surface area (Å²) in [6, 6.07) is 5.02. The van der Waals surface area contributed by atoms with Crippen molar-refractivity contribution in [2.24, 2.45) is 0 Å². The lowest BCUT2D eigenvalue weighted by Crippen LogP contribution is -2.19. The summed E-state index contributed by atoms with van der Waals surface area (Å²) in [5.41, 5.74) is 1.38. The van der Waals surface area contributed by atoms with Crippen LogP contribution in [0.15, 0.2) is 18.2 Å². The van der Waals surface area contributed by atoms with Crippen LogP contribution < -0.4 is 5.32 Å². The van der Waals surface area contributed by atoms with Crippen LogP contribution in [0.5, 0.6) is 0 Å². The van der Waals surface area contributed by atoms with Gasteiger partial charge < -0.3 is 15.0 Å². The molecule has 0 aliphatic heterocycles. The maximum absolute atomic E-state index is 11.3. The highest BCUT2D eigenvalue weighted by Crippen LogP contribution is 2.20. The van der Waals surface area contributed by atoms with E-state index >= 15 is 0 Å². The molecule has 0 spiro atoms. The quantitative estimate of drug-likeness (QED) is 0.865. The number of carbonyl (C=O) groups excluding carboxylic acids is 1. The largest absolute Gasteiger partial charge is 0.478 e. The second kappa shape index (κ2) is 5.09. The summed E-state index contributed by atoms with van der Waals surface area (Å²) >= 11 is 0. The summed E-state index contributed by atoms with van der Waals surface area (Å²) in [5.74, 6) is -0.357. The van der Waals surface area contributed by atoms with E-state index in [1.54, 1.807) is 20.0 Å². The van der Waals surface area contributed by atoms with Crippen molar-refractivity contribution < 1.29 is 14.7 Å². The van der Waals surface area contributed by atoms with Crippen molar-refractivity contribution in [3.63, 3.8) is 0 Å². The molecule has 1 heterocycles. The molecule has 0 radical (unpaired) electrons. The number of amides is 1. The van der Waals surface area contributed by atoms with Crippen LogP contribution in [0.3, 0.4) is 0 Å². The molecule has 19 heavy (non-hydrogen) atoms. The standard InChI is InChI=1S/C13H15N3O3/c1-8-15-12-9(13(18)19)4-3-5-10(12)16(8)7-6-11(17)14-2/h3-5H,6-7H2,1-2H3,(H,14,17)(H,18,19). The van der Waals surface area contributed by atoms with Crippen LogP contribution in [0, 0.1) is 6.92 Å². The van der Waals surface area contributed by atoms with E-state index in [1.807, 2.05) is 10.6 Å². The van der Waals surface area contributed by atoms with Crippen molar-refractivity contribution in [1.82, 2.24) is 14.9 Å². The number of nitrogens with zero attached hydrogens (tertiary/aromatic N) is 2. The summed E-state index contributed by atoms with van der Waals surface area (Å²) in [6.45, 7) is 2.28. The molecule has 2 aromatic rings. The maximum Gasteiger partial charge on any atom is 0.337 e. The second-order valence-corrected chi connectivity index (χ2v) is 4.21. The Bertz CT molecular complexity index is 646. The number of rotatable bonds is 4. The third-order valence-electron chi connectivity index (χ3n) is 3.04. The van der Waals surface area contributed by atoms with E-state index < -0.39 is 5.97 Å². The number of fused-ring (bicyclic) bond motifs is 1. The van der Waals surface area contributed by atoms with Gasteiger partial charge in [0.25, 0.3) is 0 Å². The first-order valence-corrected chi connectivity index (χ1v) is 5.94. The number of benzene rings is 1. The van der Waals surface area contributed by atoms with E-state index in [0.717, 1.165) is 5.52 Å². The molecule has 0 atom stereocenters. The summed E-state index contributed by atoms with van der Waals surface area (Å²) in [4.78, 5) is 26.7. The van der Waals surface area contributed by atoms with Crippen LogP contribution >= 0.6 is 0 Å². The number of carbonyl (C=O) groups is 2. The van der Waals surface area contributed by atoms with Gasteiger partial charge in [0.1, 0.15) is 11.3 Å². The molecule has 1 aromatic heterocycles. The van der Waals surface area contributed by atoms with E-state index in [2.05, 4.69) is 10.3 Å². The van der Waals surface area contributed by atoms with Crippen LogP contribution in [0.2, 0.25) is 0 Å². The van der Waals surface area contributed by atoms with Crippen molar-refractivity contribution in [3.05, 3.63) is 29.6 Å². The van der Waals surface area contributed by atoms with Gasteiger partial charge in [-0.3, -0.25) is 4.79 Å². The predicted octanol–water partition coefficient (Wildman–Crippen LogP) is 1.18. The zero-order valence-corrected chi connectivity index (χ0v) is 10.8. The molecular formula is C13H15N3O3. The summed E-state index contributed by atoms with van der Waals surface area (Å²) in [5, 5.41) is 11.7. The van der Waals surface area contributed by atoms with Gasteiger partial charge in [0.15, 0.2) is 0 Å². The zero-order valence-electron chi connectivity index (χ0n) is 10.8.